The normalized spacial score (nSPS) is 9.68. The molecule has 0 saturated carbocycles. The summed E-state index contributed by atoms with van der Waals surface area (Å²) in [5.74, 6) is -0.0556. The minimum atomic E-state index is -0.757. The van der Waals surface area contributed by atoms with E-state index in [1.54, 1.807) is 25.3 Å². The van der Waals surface area contributed by atoms with Crippen molar-refractivity contribution in [3.05, 3.63) is 23.8 Å². The molecule has 2 N–H and O–H groups in total. The van der Waals surface area contributed by atoms with Crippen LogP contribution in [-0.2, 0) is 4.79 Å². The molecule has 0 amide bonds. The summed E-state index contributed by atoms with van der Waals surface area (Å²) in [5, 5.41) is 20.7. The topological polar surface area (TPSA) is 82.3 Å². The van der Waals surface area contributed by atoms with E-state index in [-0.39, 0.29) is 6.42 Å². The highest BCUT2D eigenvalue weighted by atomic mass is 16.5. The molecule has 0 spiro atoms. The first kappa shape index (κ1) is 14.8. The zero-order valence-corrected chi connectivity index (χ0v) is 11.0. The summed E-state index contributed by atoms with van der Waals surface area (Å²) in [4.78, 5) is 10.3. The largest absolute Gasteiger partial charge is 0.497 e. The Bertz CT molecular complexity index is 466. The second kappa shape index (κ2) is 7.98. The summed E-state index contributed by atoms with van der Waals surface area (Å²) >= 11 is 0. The molecule has 1 rings (SSSR count). The number of rotatable bonds is 8. The molecular weight excluding hydrogens is 244 g/mol. The highest BCUT2D eigenvalue weighted by molar-refractivity contribution is 5.66. The SMILES string of the molecule is COc1ccc(C#N)c(NCCCCCC(=O)O)c1. The Morgan fingerprint density at radius 1 is 1.42 bits per heavy atom. The highest BCUT2D eigenvalue weighted by Gasteiger charge is 2.03. The number of methoxy groups -OCH3 is 1. The first-order valence-electron chi connectivity index (χ1n) is 6.21. The number of nitrogens with one attached hydrogen (secondary N) is 1. The van der Waals surface area contributed by atoms with Crippen molar-refractivity contribution in [2.24, 2.45) is 0 Å². The molecule has 0 aromatic heterocycles. The van der Waals surface area contributed by atoms with Gasteiger partial charge in [-0.3, -0.25) is 4.79 Å². The van der Waals surface area contributed by atoms with Crippen molar-refractivity contribution >= 4 is 11.7 Å². The monoisotopic (exact) mass is 262 g/mol. The molecule has 5 heteroatoms. The zero-order valence-electron chi connectivity index (χ0n) is 11.0. The van der Waals surface area contributed by atoms with Gasteiger partial charge in [0.05, 0.1) is 18.4 Å². The van der Waals surface area contributed by atoms with Crippen molar-refractivity contribution < 1.29 is 14.6 Å². The van der Waals surface area contributed by atoms with Crippen LogP contribution >= 0.6 is 0 Å². The van der Waals surface area contributed by atoms with Crippen LogP contribution in [0.5, 0.6) is 5.75 Å². The molecule has 0 heterocycles. The lowest BCUT2D eigenvalue weighted by Crippen LogP contribution is -2.04. The van der Waals surface area contributed by atoms with Crippen LogP contribution in [0.2, 0.25) is 0 Å². The molecule has 0 aliphatic heterocycles. The van der Waals surface area contributed by atoms with E-state index < -0.39 is 5.97 Å². The molecule has 0 bridgehead atoms. The van der Waals surface area contributed by atoms with Gasteiger partial charge in [-0.1, -0.05) is 6.42 Å². The van der Waals surface area contributed by atoms with Gasteiger partial charge in [0.15, 0.2) is 0 Å². The van der Waals surface area contributed by atoms with E-state index in [2.05, 4.69) is 11.4 Å². The Labute approximate surface area is 112 Å². The molecule has 0 saturated heterocycles. The number of aliphatic carboxylic acids is 1. The van der Waals surface area contributed by atoms with Gasteiger partial charge >= 0.3 is 5.97 Å². The first-order chi connectivity index (χ1) is 9.17. The maximum atomic E-state index is 10.3. The fourth-order valence-electron chi connectivity index (χ4n) is 1.70. The van der Waals surface area contributed by atoms with Crippen molar-refractivity contribution in [2.75, 3.05) is 19.0 Å². The van der Waals surface area contributed by atoms with Gasteiger partial charge in [-0.25, -0.2) is 0 Å². The first-order valence-corrected chi connectivity index (χ1v) is 6.21. The third-order valence-corrected chi connectivity index (χ3v) is 2.73. The highest BCUT2D eigenvalue weighted by Crippen LogP contribution is 2.21. The second-order valence-corrected chi connectivity index (χ2v) is 4.15. The number of benzene rings is 1. The number of nitrogens with zero attached hydrogens (tertiary/aromatic N) is 1. The third-order valence-electron chi connectivity index (χ3n) is 2.73. The molecule has 5 nitrogen and oxygen atoms in total. The molecule has 0 radical (unpaired) electrons. The van der Waals surface area contributed by atoms with Crippen molar-refractivity contribution in [1.82, 2.24) is 0 Å². The van der Waals surface area contributed by atoms with Crippen LogP contribution in [0.1, 0.15) is 31.2 Å². The molecule has 0 atom stereocenters. The number of anilines is 1. The van der Waals surface area contributed by atoms with Crippen molar-refractivity contribution in [1.29, 1.82) is 5.26 Å². The Morgan fingerprint density at radius 2 is 2.21 bits per heavy atom. The van der Waals surface area contributed by atoms with Crippen LogP contribution in [0.4, 0.5) is 5.69 Å². The van der Waals surface area contributed by atoms with Crippen molar-refractivity contribution in [3.63, 3.8) is 0 Å². The Hall–Kier alpha value is -2.22. The van der Waals surface area contributed by atoms with Crippen LogP contribution < -0.4 is 10.1 Å². The van der Waals surface area contributed by atoms with Gasteiger partial charge in [0.25, 0.3) is 0 Å². The zero-order chi connectivity index (χ0) is 14.1. The quantitative estimate of drug-likeness (QED) is 0.704. The van der Waals surface area contributed by atoms with E-state index in [9.17, 15) is 4.79 Å². The number of carbonyl (C=O) groups is 1. The van der Waals surface area contributed by atoms with E-state index in [0.717, 1.165) is 18.5 Å². The molecule has 0 unspecified atom stereocenters. The predicted octanol–water partition coefficient (Wildman–Crippen LogP) is 2.62. The summed E-state index contributed by atoms with van der Waals surface area (Å²) in [6, 6.07) is 7.37. The molecule has 0 aliphatic rings. The summed E-state index contributed by atoms with van der Waals surface area (Å²) in [5.41, 5.74) is 1.33. The van der Waals surface area contributed by atoms with Gasteiger partial charge < -0.3 is 15.2 Å². The third kappa shape index (κ3) is 5.30. The smallest absolute Gasteiger partial charge is 0.303 e. The molecule has 19 heavy (non-hydrogen) atoms. The Morgan fingerprint density at radius 3 is 2.84 bits per heavy atom. The van der Waals surface area contributed by atoms with Gasteiger partial charge in [0, 0.05) is 19.0 Å². The predicted molar refractivity (Wildman–Crippen MR) is 72.3 cm³/mol. The van der Waals surface area contributed by atoms with Gasteiger partial charge in [0.1, 0.15) is 11.8 Å². The lowest BCUT2D eigenvalue weighted by atomic mass is 10.1. The average molecular weight is 262 g/mol. The second-order valence-electron chi connectivity index (χ2n) is 4.15. The van der Waals surface area contributed by atoms with Gasteiger partial charge in [0.2, 0.25) is 0 Å². The summed E-state index contributed by atoms with van der Waals surface area (Å²) in [6.45, 7) is 0.710. The lowest BCUT2D eigenvalue weighted by Gasteiger charge is -2.09. The maximum Gasteiger partial charge on any atom is 0.303 e. The van der Waals surface area contributed by atoms with Gasteiger partial charge in [-0.15, -0.1) is 0 Å². The van der Waals surface area contributed by atoms with Crippen LogP contribution in [-0.4, -0.2) is 24.7 Å². The van der Waals surface area contributed by atoms with Crippen molar-refractivity contribution in [3.8, 4) is 11.8 Å². The Balaban J connectivity index is 2.40. The van der Waals surface area contributed by atoms with Gasteiger partial charge in [-0.05, 0) is 25.0 Å². The summed E-state index contributed by atoms with van der Waals surface area (Å²) in [7, 11) is 1.58. The van der Waals surface area contributed by atoms with Crippen LogP contribution in [0.15, 0.2) is 18.2 Å². The van der Waals surface area contributed by atoms with E-state index in [0.29, 0.717) is 24.3 Å². The molecular formula is C14H18N2O3. The number of hydrogen-bond donors (Lipinski definition) is 2. The number of carboxylic acids is 1. The standard InChI is InChI=1S/C14H18N2O3/c1-19-12-7-6-11(10-15)13(9-12)16-8-4-2-3-5-14(17)18/h6-7,9,16H,2-5,8H2,1H3,(H,17,18). The minimum Gasteiger partial charge on any atom is -0.497 e. The number of unbranched alkanes of at least 4 members (excludes halogenated alkanes) is 2. The number of nitriles is 1. The minimum absolute atomic E-state index is 0.211. The van der Waals surface area contributed by atoms with Crippen LogP contribution in [0.3, 0.4) is 0 Å². The van der Waals surface area contributed by atoms with Gasteiger partial charge in [-0.2, -0.15) is 5.26 Å². The number of hydrogen-bond acceptors (Lipinski definition) is 4. The fraction of sp³-hybridized carbons (Fsp3) is 0.429. The van der Waals surface area contributed by atoms with E-state index in [1.807, 2.05) is 0 Å². The summed E-state index contributed by atoms with van der Waals surface area (Å²) < 4.78 is 5.11. The van der Waals surface area contributed by atoms with Crippen molar-refractivity contribution in [2.45, 2.75) is 25.7 Å². The average Bonchev–Trinajstić information content (AvgIpc) is 2.42. The van der Waals surface area contributed by atoms with E-state index in [1.165, 1.54) is 0 Å². The fourth-order valence-corrected chi connectivity index (χ4v) is 1.70. The molecule has 102 valence electrons. The maximum absolute atomic E-state index is 10.3. The summed E-state index contributed by atoms with van der Waals surface area (Å²) in [6.07, 6.45) is 2.61. The molecule has 1 aromatic rings. The number of ether oxygens (including phenoxy) is 1. The molecule has 0 aliphatic carbocycles. The van der Waals surface area contributed by atoms with Crippen LogP contribution in [0.25, 0.3) is 0 Å². The van der Waals surface area contributed by atoms with Crippen LogP contribution in [0, 0.1) is 11.3 Å². The lowest BCUT2D eigenvalue weighted by molar-refractivity contribution is -0.137. The molecule has 1 aromatic carbocycles. The Kier molecular flexibility index (Phi) is 6.23. The number of carboxylic acid groups (broad SMARTS) is 1. The van der Waals surface area contributed by atoms with E-state index >= 15 is 0 Å². The molecule has 0 fully saturated rings. The van der Waals surface area contributed by atoms with E-state index in [4.69, 9.17) is 15.1 Å².